The highest BCUT2D eigenvalue weighted by atomic mass is 19.4. The number of alkyl halides is 5. The van der Waals surface area contributed by atoms with Crippen LogP contribution in [0.3, 0.4) is 0 Å². The van der Waals surface area contributed by atoms with E-state index in [1.165, 1.54) is 13.8 Å². The van der Waals surface area contributed by atoms with Crippen LogP contribution >= 0.6 is 0 Å². The van der Waals surface area contributed by atoms with E-state index >= 15 is 0 Å². The van der Waals surface area contributed by atoms with Crippen LogP contribution in [-0.2, 0) is 9.47 Å². The van der Waals surface area contributed by atoms with Crippen LogP contribution in [0.25, 0.3) is 0 Å². The summed E-state index contributed by atoms with van der Waals surface area (Å²) in [5, 5.41) is 0. The lowest BCUT2D eigenvalue weighted by atomic mass is 10.3. The summed E-state index contributed by atoms with van der Waals surface area (Å²) < 4.78 is 66.8. The number of rotatable bonds is 3. The van der Waals surface area contributed by atoms with Crippen LogP contribution in [0.2, 0.25) is 0 Å². The third-order valence-corrected chi connectivity index (χ3v) is 1.12. The number of carbonyl (C=O) groups excluding carboxylic acids is 1. The predicted molar refractivity (Wildman–Crippen MR) is 38.6 cm³/mol. The molecule has 15 heavy (non-hydrogen) atoms. The Morgan fingerprint density at radius 3 is 2.00 bits per heavy atom. The summed E-state index contributed by atoms with van der Waals surface area (Å²) in [5.74, 6) is -5.07. The second-order valence-electron chi connectivity index (χ2n) is 2.91. The normalized spacial score (nSPS) is 12.8. The second-order valence-corrected chi connectivity index (χ2v) is 2.91. The molecule has 0 aliphatic heterocycles. The van der Waals surface area contributed by atoms with E-state index < -0.39 is 31.0 Å². The van der Waals surface area contributed by atoms with E-state index in [-0.39, 0.29) is 0 Å². The number of halogens is 5. The van der Waals surface area contributed by atoms with Gasteiger partial charge in [-0.3, -0.25) is 0 Å². The van der Waals surface area contributed by atoms with Crippen LogP contribution in [0, 0.1) is 0 Å². The van der Waals surface area contributed by atoms with Gasteiger partial charge in [0.05, 0.1) is 6.10 Å². The smallest absolute Gasteiger partial charge is 0.432 e. The van der Waals surface area contributed by atoms with Gasteiger partial charge in [-0.25, -0.2) is 4.79 Å². The lowest BCUT2D eigenvalue weighted by molar-refractivity contribution is -0.293. The van der Waals surface area contributed by atoms with E-state index in [0.717, 1.165) is 0 Å². The van der Waals surface area contributed by atoms with E-state index in [0.29, 0.717) is 0 Å². The Labute approximate surface area is 82.1 Å². The molecule has 0 radical (unpaired) electrons. The molecule has 0 aliphatic carbocycles. The lowest BCUT2D eigenvalue weighted by Gasteiger charge is -2.19. The van der Waals surface area contributed by atoms with Gasteiger partial charge in [0.15, 0.2) is 6.61 Å². The Morgan fingerprint density at radius 2 is 1.67 bits per heavy atom. The quantitative estimate of drug-likeness (QED) is 0.558. The highest BCUT2D eigenvalue weighted by Crippen LogP contribution is 2.35. The summed E-state index contributed by atoms with van der Waals surface area (Å²) >= 11 is 0. The van der Waals surface area contributed by atoms with Gasteiger partial charge in [-0.15, -0.1) is 0 Å². The van der Waals surface area contributed by atoms with Gasteiger partial charge in [0.25, 0.3) is 0 Å². The molecule has 0 amide bonds. The van der Waals surface area contributed by atoms with Gasteiger partial charge in [0, 0.05) is 0 Å². The molecule has 0 aromatic rings. The Morgan fingerprint density at radius 1 is 1.20 bits per heavy atom. The standard InChI is InChI=1S/C7H9F5O3/c1-4(2)15-5(13)14-3-6(8,9)7(10,11)12/h4H,3H2,1-2H3. The predicted octanol–water partition coefficient (Wildman–Crippen LogP) is 2.75. The minimum absolute atomic E-state index is 0.656. The van der Waals surface area contributed by atoms with Crippen molar-refractivity contribution in [3.8, 4) is 0 Å². The molecule has 0 heterocycles. The van der Waals surface area contributed by atoms with E-state index in [9.17, 15) is 26.7 Å². The molecule has 0 saturated heterocycles. The zero-order chi connectivity index (χ0) is 12.3. The Bertz CT molecular complexity index is 223. The number of hydrogen-bond acceptors (Lipinski definition) is 3. The van der Waals surface area contributed by atoms with Crippen molar-refractivity contribution in [1.82, 2.24) is 0 Å². The van der Waals surface area contributed by atoms with Crippen molar-refractivity contribution in [2.24, 2.45) is 0 Å². The molecule has 0 bridgehead atoms. The number of ether oxygens (including phenoxy) is 2. The first-order chi connectivity index (χ1) is 6.56. The molecule has 90 valence electrons. The first kappa shape index (κ1) is 13.9. The third-order valence-electron chi connectivity index (χ3n) is 1.12. The molecular weight excluding hydrogens is 227 g/mol. The van der Waals surface area contributed by atoms with Crippen LogP contribution in [0.5, 0.6) is 0 Å². The molecule has 0 unspecified atom stereocenters. The van der Waals surface area contributed by atoms with Crippen LogP contribution < -0.4 is 0 Å². The maximum Gasteiger partial charge on any atom is 0.508 e. The summed E-state index contributed by atoms with van der Waals surface area (Å²) in [6, 6.07) is 0. The van der Waals surface area contributed by atoms with Gasteiger partial charge < -0.3 is 9.47 Å². The third kappa shape index (κ3) is 4.80. The Hall–Kier alpha value is -1.08. The zero-order valence-corrected chi connectivity index (χ0v) is 7.90. The molecule has 0 aromatic heterocycles. The van der Waals surface area contributed by atoms with Crippen LogP contribution in [0.15, 0.2) is 0 Å². The summed E-state index contributed by atoms with van der Waals surface area (Å²) in [5.41, 5.74) is 0. The average molecular weight is 236 g/mol. The molecule has 0 N–H and O–H groups in total. The van der Waals surface area contributed by atoms with Gasteiger partial charge in [0.2, 0.25) is 0 Å². The fourth-order valence-corrected chi connectivity index (χ4v) is 0.458. The molecule has 0 atom stereocenters. The first-order valence-electron chi connectivity index (χ1n) is 3.84. The Kier molecular flexibility index (Phi) is 4.29. The summed E-state index contributed by atoms with van der Waals surface area (Å²) in [4.78, 5) is 10.5. The van der Waals surface area contributed by atoms with Crippen molar-refractivity contribution in [2.45, 2.75) is 32.1 Å². The maximum absolute atomic E-state index is 12.2. The lowest BCUT2D eigenvalue weighted by Crippen LogP contribution is -2.41. The van der Waals surface area contributed by atoms with E-state index in [4.69, 9.17) is 0 Å². The summed E-state index contributed by atoms with van der Waals surface area (Å²) in [6.07, 6.45) is -7.96. The van der Waals surface area contributed by atoms with Crippen molar-refractivity contribution < 1.29 is 36.2 Å². The van der Waals surface area contributed by atoms with E-state index in [1.807, 2.05) is 0 Å². The fourth-order valence-electron chi connectivity index (χ4n) is 0.458. The second kappa shape index (κ2) is 4.63. The van der Waals surface area contributed by atoms with Gasteiger partial charge in [-0.05, 0) is 13.8 Å². The molecular formula is C7H9F5O3. The molecule has 0 aliphatic rings. The molecule has 0 spiro atoms. The van der Waals surface area contributed by atoms with Crippen LogP contribution in [0.4, 0.5) is 26.7 Å². The highest BCUT2D eigenvalue weighted by Gasteiger charge is 2.58. The SMILES string of the molecule is CC(C)OC(=O)OCC(F)(F)C(F)(F)F. The molecule has 3 nitrogen and oxygen atoms in total. The highest BCUT2D eigenvalue weighted by molar-refractivity contribution is 5.60. The number of carbonyl (C=O) groups is 1. The van der Waals surface area contributed by atoms with Crippen molar-refractivity contribution in [2.75, 3.05) is 6.61 Å². The molecule has 0 fully saturated rings. The van der Waals surface area contributed by atoms with Crippen molar-refractivity contribution >= 4 is 6.16 Å². The van der Waals surface area contributed by atoms with Crippen LogP contribution in [-0.4, -0.2) is 31.0 Å². The van der Waals surface area contributed by atoms with Crippen molar-refractivity contribution in [3.63, 3.8) is 0 Å². The topological polar surface area (TPSA) is 35.5 Å². The molecule has 8 heteroatoms. The van der Waals surface area contributed by atoms with Gasteiger partial charge in [-0.1, -0.05) is 0 Å². The van der Waals surface area contributed by atoms with E-state index in [1.54, 1.807) is 0 Å². The molecule has 0 saturated carbocycles. The largest absolute Gasteiger partial charge is 0.508 e. The van der Waals surface area contributed by atoms with E-state index in [2.05, 4.69) is 9.47 Å². The van der Waals surface area contributed by atoms with Gasteiger partial charge in [0.1, 0.15) is 0 Å². The fraction of sp³-hybridized carbons (Fsp3) is 0.857. The summed E-state index contributed by atoms with van der Waals surface area (Å²) in [7, 11) is 0. The summed E-state index contributed by atoms with van der Waals surface area (Å²) in [6.45, 7) is 0.703. The average Bonchev–Trinajstić information content (AvgIpc) is 1.97. The first-order valence-corrected chi connectivity index (χ1v) is 3.84. The Balaban J connectivity index is 4.10. The minimum Gasteiger partial charge on any atom is -0.432 e. The van der Waals surface area contributed by atoms with Crippen LogP contribution in [0.1, 0.15) is 13.8 Å². The van der Waals surface area contributed by atoms with Crippen molar-refractivity contribution in [3.05, 3.63) is 0 Å². The molecule has 0 aromatic carbocycles. The minimum atomic E-state index is -5.74. The van der Waals surface area contributed by atoms with Gasteiger partial charge in [-0.2, -0.15) is 22.0 Å². The van der Waals surface area contributed by atoms with Gasteiger partial charge >= 0.3 is 18.3 Å². The monoisotopic (exact) mass is 236 g/mol. The molecule has 0 rings (SSSR count). The number of hydrogen-bond donors (Lipinski definition) is 0. The van der Waals surface area contributed by atoms with Crippen molar-refractivity contribution in [1.29, 1.82) is 0 Å². The maximum atomic E-state index is 12.2. The zero-order valence-electron chi connectivity index (χ0n) is 7.90.